The molecule has 6 N–H and O–H groups in total. The lowest BCUT2D eigenvalue weighted by Gasteiger charge is -2.33. The van der Waals surface area contributed by atoms with E-state index >= 15 is 0 Å². The van der Waals surface area contributed by atoms with Gasteiger partial charge in [-0.25, -0.2) is 4.79 Å². The number of aliphatic hydroxyl groups excluding tert-OH is 1. The molecule has 0 spiro atoms. The van der Waals surface area contributed by atoms with Gasteiger partial charge in [-0.05, 0) is 70.8 Å². The number of nitrogens with zero attached hydrogens (tertiary/aromatic N) is 1. The Bertz CT molecular complexity index is 2070. The van der Waals surface area contributed by atoms with E-state index in [-0.39, 0.29) is 46.3 Å². The average molecular weight is 678 g/mol. The summed E-state index contributed by atoms with van der Waals surface area (Å²) in [6.45, 7) is 1.59. The van der Waals surface area contributed by atoms with Gasteiger partial charge in [0.25, 0.3) is 5.91 Å². The second-order valence-electron chi connectivity index (χ2n) is 12.5. The molecule has 258 valence electrons. The lowest BCUT2D eigenvalue weighted by Crippen LogP contribution is -2.38. The van der Waals surface area contributed by atoms with Crippen LogP contribution in [0.5, 0.6) is 11.5 Å². The summed E-state index contributed by atoms with van der Waals surface area (Å²) in [5, 5.41) is 46.1. The minimum Gasteiger partial charge on any atom is -0.506 e. The lowest BCUT2D eigenvalue weighted by atomic mass is 9.82. The van der Waals surface area contributed by atoms with E-state index in [1.165, 1.54) is 19.2 Å². The number of hydrogen-bond acceptors (Lipinski definition) is 8. The highest BCUT2D eigenvalue weighted by atomic mass is 16.5. The molecule has 1 aromatic heterocycles. The molecule has 11 heteroatoms. The Kier molecular flexibility index (Phi) is 10.0. The Labute approximate surface area is 288 Å². The van der Waals surface area contributed by atoms with E-state index in [9.17, 15) is 34.8 Å². The number of H-pyrrole nitrogens is 1. The number of ether oxygens (including phenoxy) is 1. The number of carboxylic acids is 1. The van der Waals surface area contributed by atoms with Crippen LogP contribution in [0, 0.1) is 0 Å². The fourth-order valence-corrected chi connectivity index (χ4v) is 6.73. The highest BCUT2D eigenvalue weighted by molar-refractivity contribution is 5.97. The molecule has 4 aromatic carbocycles. The smallest absolute Gasteiger partial charge is 0.345 e. The number of hydrogen-bond donors (Lipinski definition) is 6. The van der Waals surface area contributed by atoms with Gasteiger partial charge in [0, 0.05) is 37.6 Å². The van der Waals surface area contributed by atoms with Crippen LogP contribution in [-0.2, 0) is 16.9 Å². The Morgan fingerprint density at radius 2 is 1.70 bits per heavy atom. The van der Waals surface area contributed by atoms with Crippen LogP contribution in [0.3, 0.4) is 0 Å². The van der Waals surface area contributed by atoms with Crippen molar-refractivity contribution in [3.05, 3.63) is 141 Å². The molecule has 1 fully saturated rings. The zero-order chi connectivity index (χ0) is 35.4. The van der Waals surface area contributed by atoms with Crippen LogP contribution in [0.4, 0.5) is 0 Å². The maximum atomic E-state index is 13.6. The molecule has 50 heavy (non-hydrogen) atoms. The molecule has 2 atom stereocenters. The van der Waals surface area contributed by atoms with Crippen molar-refractivity contribution in [3.63, 3.8) is 0 Å². The summed E-state index contributed by atoms with van der Waals surface area (Å²) in [5.41, 5.74) is 1.06. The number of likely N-dealkylation sites (tertiary alicyclic amines) is 1. The van der Waals surface area contributed by atoms with Crippen molar-refractivity contribution in [2.24, 2.45) is 0 Å². The fraction of sp³-hybridized carbons (Fsp3) is 0.256. The van der Waals surface area contributed by atoms with Gasteiger partial charge in [0.15, 0.2) is 0 Å². The summed E-state index contributed by atoms with van der Waals surface area (Å²) < 4.78 is 5.61. The third-order valence-electron chi connectivity index (χ3n) is 9.49. The number of pyridine rings is 1. The first-order valence-corrected chi connectivity index (χ1v) is 16.4. The van der Waals surface area contributed by atoms with E-state index in [4.69, 9.17) is 4.74 Å². The monoisotopic (exact) mass is 677 g/mol. The molecule has 6 rings (SSSR count). The molecule has 1 aliphatic heterocycles. The third kappa shape index (κ3) is 6.84. The number of aliphatic hydroxyl groups is 2. The number of amides is 1. The number of aromatic amines is 1. The lowest BCUT2D eigenvalue weighted by molar-refractivity contribution is -0.155. The first kappa shape index (κ1) is 34.4. The number of carboxylic acid groups (broad SMARTS) is 1. The minimum absolute atomic E-state index is 0.0757. The number of aromatic hydroxyl groups is 1. The molecule has 1 aliphatic rings. The molecule has 2 unspecified atom stereocenters. The number of nitrogens with one attached hydrogen (secondary N) is 2. The molecular weight excluding hydrogens is 638 g/mol. The molecule has 0 saturated carbocycles. The van der Waals surface area contributed by atoms with Crippen molar-refractivity contribution >= 4 is 22.8 Å². The van der Waals surface area contributed by atoms with E-state index in [1.54, 1.807) is 77.7 Å². The predicted octanol–water partition coefficient (Wildman–Crippen LogP) is 4.41. The van der Waals surface area contributed by atoms with Gasteiger partial charge in [-0.3, -0.25) is 9.59 Å². The van der Waals surface area contributed by atoms with Crippen molar-refractivity contribution in [3.8, 4) is 11.5 Å². The van der Waals surface area contributed by atoms with Gasteiger partial charge in [0.2, 0.25) is 11.2 Å². The van der Waals surface area contributed by atoms with Crippen molar-refractivity contribution < 1.29 is 34.8 Å². The van der Waals surface area contributed by atoms with E-state index in [0.29, 0.717) is 54.7 Å². The fourth-order valence-electron chi connectivity index (χ4n) is 6.73. The summed E-state index contributed by atoms with van der Waals surface area (Å²) >= 11 is 0. The number of fused-ring (bicyclic) bond motifs is 1. The topological polar surface area (TPSA) is 172 Å². The minimum atomic E-state index is -2.18. The Morgan fingerprint density at radius 1 is 0.960 bits per heavy atom. The molecule has 5 aromatic rings. The Morgan fingerprint density at radius 3 is 2.42 bits per heavy atom. The second-order valence-corrected chi connectivity index (χ2v) is 12.5. The Hall–Kier alpha value is -5.49. The largest absolute Gasteiger partial charge is 0.506 e. The number of aromatic nitrogens is 1. The highest BCUT2D eigenvalue weighted by Gasteiger charge is 2.40. The summed E-state index contributed by atoms with van der Waals surface area (Å²) in [6, 6.07) is 26.8. The standard InChI is InChI=1S/C39H39N3O8/c1-50-34-20-24(22-40-23-33(44)29-12-14-32(43)36-30(29)13-15-35(45)41-36)10-11-31(34)37(46)42-18-16-25(17-19-42)26-6-5-9-28(21-26)39(49,38(47)48)27-7-3-2-4-8-27/h2-15,20-21,25,33,40,43-44,49H,16-19,22-23H2,1H3,(H,41,45)(H,47,48). The number of rotatable bonds is 11. The normalized spacial score (nSPS) is 15.4. The predicted molar refractivity (Wildman–Crippen MR) is 187 cm³/mol. The van der Waals surface area contributed by atoms with Crippen molar-refractivity contribution in [1.29, 1.82) is 0 Å². The van der Waals surface area contributed by atoms with Gasteiger partial charge in [-0.15, -0.1) is 0 Å². The molecule has 11 nitrogen and oxygen atoms in total. The molecule has 0 bridgehead atoms. The number of phenolic OH excluding ortho intramolecular Hbond substituents is 1. The van der Waals surface area contributed by atoms with Crippen LogP contribution < -0.4 is 15.6 Å². The molecule has 0 aliphatic carbocycles. The van der Waals surface area contributed by atoms with Crippen LogP contribution in [-0.4, -0.2) is 68.9 Å². The van der Waals surface area contributed by atoms with Crippen LogP contribution >= 0.6 is 0 Å². The summed E-state index contributed by atoms with van der Waals surface area (Å²) in [5.74, 6) is -1.05. The third-order valence-corrected chi connectivity index (χ3v) is 9.49. The number of phenols is 1. The Balaban J connectivity index is 1.08. The first-order chi connectivity index (χ1) is 24.1. The van der Waals surface area contributed by atoms with Crippen LogP contribution in [0.25, 0.3) is 10.9 Å². The highest BCUT2D eigenvalue weighted by Crippen LogP contribution is 2.35. The summed E-state index contributed by atoms with van der Waals surface area (Å²) in [7, 11) is 1.51. The number of carbonyl (C=O) groups is 2. The van der Waals surface area contributed by atoms with Crippen LogP contribution in [0.1, 0.15) is 63.0 Å². The van der Waals surface area contributed by atoms with Gasteiger partial charge >= 0.3 is 5.97 Å². The number of carbonyl (C=O) groups excluding carboxylic acids is 1. The maximum Gasteiger partial charge on any atom is 0.345 e. The molecule has 2 heterocycles. The zero-order valence-corrected chi connectivity index (χ0v) is 27.5. The van der Waals surface area contributed by atoms with Crippen molar-refractivity contribution in [2.45, 2.75) is 37.0 Å². The van der Waals surface area contributed by atoms with Gasteiger partial charge in [0.1, 0.15) is 11.5 Å². The van der Waals surface area contributed by atoms with Gasteiger partial charge in [0.05, 0.1) is 24.3 Å². The van der Waals surface area contributed by atoms with Crippen molar-refractivity contribution in [2.75, 3.05) is 26.7 Å². The SMILES string of the molecule is COc1cc(CNCC(O)c2ccc(O)c3[nH]c(=O)ccc23)ccc1C(=O)N1CCC(c2cccc(C(O)(C(=O)O)c3ccccc3)c2)CC1. The van der Waals surface area contributed by atoms with E-state index < -0.39 is 17.7 Å². The zero-order valence-electron chi connectivity index (χ0n) is 27.5. The quantitative estimate of drug-likeness (QED) is 0.119. The number of aliphatic carboxylic acids is 1. The molecule has 1 amide bonds. The molecular formula is C39H39N3O8. The molecule has 1 saturated heterocycles. The van der Waals surface area contributed by atoms with E-state index in [2.05, 4.69) is 10.3 Å². The van der Waals surface area contributed by atoms with E-state index in [1.807, 2.05) is 12.1 Å². The first-order valence-electron chi connectivity index (χ1n) is 16.4. The number of piperidine rings is 1. The second kappa shape index (κ2) is 14.6. The number of benzene rings is 4. The molecule has 0 radical (unpaired) electrons. The van der Waals surface area contributed by atoms with Crippen molar-refractivity contribution in [1.82, 2.24) is 15.2 Å². The summed E-state index contributed by atoms with van der Waals surface area (Å²) in [4.78, 5) is 42.0. The van der Waals surface area contributed by atoms with E-state index in [0.717, 1.165) is 11.1 Å². The average Bonchev–Trinajstić information content (AvgIpc) is 3.14. The maximum absolute atomic E-state index is 13.6. The van der Waals surface area contributed by atoms with Gasteiger partial charge < -0.3 is 40.4 Å². The summed E-state index contributed by atoms with van der Waals surface area (Å²) in [6.07, 6.45) is 0.431. The van der Waals surface area contributed by atoms with Crippen LogP contribution in [0.2, 0.25) is 0 Å². The number of methoxy groups -OCH3 is 1. The van der Waals surface area contributed by atoms with Gasteiger partial charge in [-0.2, -0.15) is 0 Å². The van der Waals surface area contributed by atoms with Crippen LogP contribution in [0.15, 0.2) is 102 Å². The van der Waals surface area contributed by atoms with Gasteiger partial charge in [-0.1, -0.05) is 66.7 Å².